The quantitative estimate of drug-likeness (QED) is 0.183. The Morgan fingerprint density at radius 3 is 1.64 bits per heavy atom. The van der Waals surface area contributed by atoms with Crippen molar-refractivity contribution in [1.82, 2.24) is 0 Å². The third-order valence-corrected chi connectivity index (χ3v) is 9.28. The Morgan fingerprint density at radius 1 is 0.383 bits per heavy atom. The first kappa shape index (κ1) is 19.4. The van der Waals surface area contributed by atoms with E-state index in [1.807, 2.05) is 91.0 Å². The fourth-order valence-corrected chi connectivity index (χ4v) is 7.16. The van der Waals surface area contributed by atoms with Gasteiger partial charge in [-0.1, -0.05) is 158 Å². The van der Waals surface area contributed by atoms with Crippen LogP contribution in [0.25, 0.3) is 98.4 Å². The normalized spacial score (nSPS) is 14.2. The van der Waals surface area contributed by atoms with Crippen molar-refractivity contribution >= 4 is 65.0 Å². The molecule has 0 aliphatic heterocycles. The molecular weight excluding hydrogens is 569 g/mol. The van der Waals surface area contributed by atoms with E-state index in [-0.39, 0.29) is 51.3 Å². The van der Waals surface area contributed by atoms with Gasteiger partial charge in [-0.05, 0) is 77.5 Å². The fourth-order valence-electron chi connectivity index (χ4n) is 7.16. The van der Waals surface area contributed by atoms with E-state index in [4.69, 9.17) is 9.90 Å². The summed E-state index contributed by atoms with van der Waals surface area (Å²) in [4.78, 5) is 0. The molecule has 0 aliphatic carbocycles. The van der Waals surface area contributed by atoms with Crippen LogP contribution in [0.2, 0.25) is 0 Å². The van der Waals surface area contributed by atoms with E-state index in [9.17, 15) is 5.48 Å². The van der Waals surface area contributed by atoms with Crippen molar-refractivity contribution in [2.75, 3.05) is 0 Å². The minimum Gasteiger partial charge on any atom is -0.455 e. The maximum absolute atomic E-state index is 9.39. The number of hydrogen-bond donors (Lipinski definition) is 0. The van der Waals surface area contributed by atoms with Crippen molar-refractivity contribution in [1.29, 1.82) is 0 Å². The van der Waals surface area contributed by atoms with Crippen LogP contribution in [-0.2, 0) is 0 Å². The summed E-state index contributed by atoms with van der Waals surface area (Å²) >= 11 is 0. The summed E-state index contributed by atoms with van der Waals surface area (Å²) < 4.78 is 79.4. The van der Waals surface area contributed by atoms with Gasteiger partial charge in [0.15, 0.2) is 0 Å². The van der Waals surface area contributed by atoms with E-state index in [1.165, 1.54) is 0 Å². The van der Waals surface area contributed by atoms with E-state index < -0.39 is 24.2 Å². The van der Waals surface area contributed by atoms with Crippen molar-refractivity contribution < 1.29 is 15.4 Å². The van der Waals surface area contributed by atoms with Gasteiger partial charge >= 0.3 is 0 Å². The zero-order valence-corrected chi connectivity index (χ0v) is 25.0. The Morgan fingerprint density at radius 2 is 0.915 bits per heavy atom. The molecule has 0 radical (unpaired) electrons. The van der Waals surface area contributed by atoms with Crippen molar-refractivity contribution in [3.05, 3.63) is 170 Å². The van der Waals surface area contributed by atoms with Crippen LogP contribution >= 0.6 is 0 Å². The van der Waals surface area contributed by atoms with Gasteiger partial charge in [-0.2, -0.15) is 0 Å². The molecule has 1 aromatic heterocycles. The second-order valence-electron chi connectivity index (χ2n) is 11.8. The Bertz CT molecular complexity index is 3210. The molecule has 47 heavy (non-hydrogen) atoms. The standard InChI is InChI=1S/C46H28O/c1-2-13-33-28-43-42(27-32(33)12-1)40-21-10-22-41(46(40)47-43)45-38-18-7-5-16-36(38)44(37-17-6-8-19-39(37)45)31-25-23-30(24-26-31)35-20-9-14-29-11-3-4-15-34(29)35/h1-28H/i5D,6D,7D,8D,16D,17D,18D,19D. The van der Waals surface area contributed by atoms with Gasteiger partial charge in [0.25, 0.3) is 0 Å². The highest BCUT2D eigenvalue weighted by atomic mass is 16.3. The first-order valence-corrected chi connectivity index (χ1v) is 15.5. The first-order valence-electron chi connectivity index (χ1n) is 19.5. The van der Waals surface area contributed by atoms with Gasteiger partial charge in [0.2, 0.25) is 0 Å². The lowest BCUT2D eigenvalue weighted by Gasteiger charge is -2.18. The van der Waals surface area contributed by atoms with Crippen LogP contribution in [0.15, 0.2) is 174 Å². The second-order valence-corrected chi connectivity index (χ2v) is 11.8. The van der Waals surface area contributed by atoms with Gasteiger partial charge < -0.3 is 4.42 Å². The predicted molar refractivity (Wildman–Crippen MR) is 200 cm³/mol. The lowest BCUT2D eigenvalue weighted by atomic mass is 9.85. The number of fused-ring (bicyclic) bond motifs is 7. The molecule has 0 bridgehead atoms. The average molecular weight is 605 g/mol. The predicted octanol–water partition coefficient (Wildman–Crippen LogP) is 13.2. The van der Waals surface area contributed by atoms with Crippen molar-refractivity contribution in [2.45, 2.75) is 0 Å². The summed E-state index contributed by atoms with van der Waals surface area (Å²) in [5, 5.41) is 6.44. The second kappa shape index (κ2) is 10.2. The molecule has 0 fully saturated rings. The van der Waals surface area contributed by atoms with Gasteiger partial charge in [-0.25, -0.2) is 0 Å². The maximum Gasteiger partial charge on any atom is 0.143 e. The van der Waals surface area contributed by atoms with Crippen molar-refractivity contribution in [2.24, 2.45) is 0 Å². The molecule has 0 amide bonds. The van der Waals surface area contributed by atoms with E-state index in [2.05, 4.69) is 24.3 Å². The van der Waals surface area contributed by atoms with Crippen LogP contribution in [0.3, 0.4) is 0 Å². The molecule has 0 saturated carbocycles. The van der Waals surface area contributed by atoms with E-state index in [0.29, 0.717) is 27.9 Å². The smallest absolute Gasteiger partial charge is 0.143 e. The summed E-state index contributed by atoms with van der Waals surface area (Å²) in [6, 6.07) is 36.4. The molecule has 1 nitrogen and oxygen atoms in total. The van der Waals surface area contributed by atoms with Gasteiger partial charge in [-0.15, -0.1) is 0 Å². The molecule has 0 spiro atoms. The average Bonchev–Trinajstić information content (AvgIpc) is 3.59. The molecule has 0 N–H and O–H groups in total. The van der Waals surface area contributed by atoms with Gasteiger partial charge in [-0.3, -0.25) is 0 Å². The van der Waals surface area contributed by atoms with E-state index in [0.717, 1.165) is 43.4 Å². The largest absolute Gasteiger partial charge is 0.455 e. The molecule has 0 aliphatic rings. The highest BCUT2D eigenvalue weighted by molar-refractivity contribution is 6.24. The zero-order valence-electron chi connectivity index (χ0n) is 33.0. The van der Waals surface area contributed by atoms with E-state index in [1.54, 1.807) is 6.07 Å². The molecule has 10 rings (SSSR count). The SMILES string of the molecule is [2H]c1c([2H])c([2H])c2c(-c3cccc4c3oc3cc5ccccc5cc34)c3c([2H])c([2H])c([2H])c([2H])c3c(-c3ccc(-c4cccc5ccccc45)cc3)c2c1[2H]. The zero-order chi connectivity index (χ0) is 37.9. The van der Waals surface area contributed by atoms with Crippen molar-refractivity contribution in [3.8, 4) is 33.4 Å². The molecule has 1 heterocycles. The third-order valence-electron chi connectivity index (χ3n) is 9.28. The summed E-state index contributed by atoms with van der Waals surface area (Å²) in [6.45, 7) is 0. The molecule has 218 valence electrons. The lowest BCUT2D eigenvalue weighted by molar-refractivity contribution is 0.670. The summed E-state index contributed by atoms with van der Waals surface area (Å²) in [5.41, 5.74) is 4.59. The summed E-state index contributed by atoms with van der Waals surface area (Å²) in [7, 11) is 0. The summed E-state index contributed by atoms with van der Waals surface area (Å²) in [5.74, 6) is 0. The van der Waals surface area contributed by atoms with Gasteiger partial charge in [0.05, 0.1) is 11.0 Å². The Labute approximate surface area is 283 Å². The molecule has 10 aromatic rings. The number of furan rings is 1. The number of para-hydroxylation sites is 1. The highest BCUT2D eigenvalue weighted by Crippen LogP contribution is 2.47. The topological polar surface area (TPSA) is 13.1 Å². The van der Waals surface area contributed by atoms with E-state index >= 15 is 0 Å². The minimum absolute atomic E-state index is 0.148. The number of rotatable bonds is 3. The number of benzene rings is 9. The van der Waals surface area contributed by atoms with Crippen LogP contribution in [0.1, 0.15) is 11.0 Å². The molecule has 9 aromatic carbocycles. The van der Waals surface area contributed by atoms with Crippen LogP contribution < -0.4 is 0 Å². The van der Waals surface area contributed by atoms with Crippen LogP contribution in [0.4, 0.5) is 0 Å². The molecule has 0 saturated heterocycles. The third kappa shape index (κ3) is 3.97. The van der Waals surface area contributed by atoms with Crippen LogP contribution in [-0.4, -0.2) is 0 Å². The minimum atomic E-state index is -0.445. The summed E-state index contributed by atoms with van der Waals surface area (Å²) in [6.07, 6.45) is 0. The van der Waals surface area contributed by atoms with Crippen LogP contribution in [0.5, 0.6) is 0 Å². The molecule has 0 unspecified atom stereocenters. The molecule has 0 atom stereocenters. The maximum atomic E-state index is 9.39. The molecule has 1 heteroatoms. The lowest BCUT2D eigenvalue weighted by Crippen LogP contribution is -1.91. The molecular formula is C46H28O. The number of hydrogen-bond acceptors (Lipinski definition) is 1. The Hall–Kier alpha value is -6.18. The van der Waals surface area contributed by atoms with Crippen LogP contribution in [0, 0.1) is 0 Å². The Balaban J connectivity index is 1.36. The highest BCUT2D eigenvalue weighted by Gasteiger charge is 2.20. The van der Waals surface area contributed by atoms with Gasteiger partial charge in [0.1, 0.15) is 11.2 Å². The Kier molecular flexibility index (Phi) is 4.19. The van der Waals surface area contributed by atoms with Crippen molar-refractivity contribution in [3.63, 3.8) is 0 Å². The monoisotopic (exact) mass is 604 g/mol. The first-order chi connectivity index (χ1) is 26.6. The fraction of sp³-hybridized carbons (Fsp3) is 0. The van der Waals surface area contributed by atoms with Gasteiger partial charge in [0, 0.05) is 21.9 Å².